The number of halogens is 1. The SMILES string of the molecule is CCOC(=O)C(N)Cc1ccc(OC)c(COc2ccccc2Br)c1. The number of benzene rings is 2. The average molecular weight is 408 g/mol. The Morgan fingerprint density at radius 2 is 1.96 bits per heavy atom. The van der Waals surface area contributed by atoms with Gasteiger partial charge in [-0.1, -0.05) is 18.2 Å². The molecule has 2 rings (SSSR count). The lowest BCUT2D eigenvalue weighted by Gasteiger charge is -2.15. The fourth-order valence-electron chi connectivity index (χ4n) is 2.38. The second-order valence-electron chi connectivity index (χ2n) is 5.43. The maximum atomic E-state index is 11.7. The molecule has 2 aromatic rings. The molecule has 134 valence electrons. The van der Waals surface area contributed by atoms with Crippen LogP contribution in [0.5, 0.6) is 11.5 Å². The zero-order valence-corrected chi connectivity index (χ0v) is 15.9. The van der Waals surface area contributed by atoms with Gasteiger partial charge in [-0.2, -0.15) is 0 Å². The minimum absolute atomic E-state index is 0.320. The van der Waals surface area contributed by atoms with Gasteiger partial charge in [0.2, 0.25) is 0 Å². The van der Waals surface area contributed by atoms with E-state index in [1.807, 2.05) is 42.5 Å². The molecule has 6 heteroatoms. The van der Waals surface area contributed by atoms with Crippen LogP contribution in [0.4, 0.5) is 0 Å². The van der Waals surface area contributed by atoms with Crippen LogP contribution in [-0.4, -0.2) is 25.7 Å². The Morgan fingerprint density at radius 3 is 2.64 bits per heavy atom. The Bertz CT molecular complexity index is 720. The van der Waals surface area contributed by atoms with Crippen LogP contribution in [-0.2, 0) is 22.6 Å². The van der Waals surface area contributed by atoms with Crippen LogP contribution in [0, 0.1) is 0 Å². The summed E-state index contributed by atoms with van der Waals surface area (Å²) in [6.07, 6.45) is 0.394. The maximum Gasteiger partial charge on any atom is 0.323 e. The number of hydrogen-bond acceptors (Lipinski definition) is 5. The molecule has 1 unspecified atom stereocenters. The van der Waals surface area contributed by atoms with Crippen LogP contribution in [0.25, 0.3) is 0 Å². The highest BCUT2D eigenvalue weighted by Crippen LogP contribution is 2.27. The first-order valence-corrected chi connectivity index (χ1v) is 8.79. The van der Waals surface area contributed by atoms with Gasteiger partial charge in [0.05, 0.1) is 18.2 Å². The van der Waals surface area contributed by atoms with Crippen molar-refractivity contribution < 1.29 is 19.0 Å². The lowest BCUT2D eigenvalue weighted by atomic mass is 10.0. The van der Waals surface area contributed by atoms with Gasteiger partial charge in [-0.05, 0) is 59.1 Å². The minimum Gasteiger partial charge on any atom is -0.496 e. The molecule has 0 aromatic heterocycles. The molecule has 5 nitrogen and oxygen atoms in total. The molecular formula is C19H22BrNO4. The van der Waals surface area contributed by atoms with Gasteiger partial charge >= 0.3 is 5.97 Å². The number of rotatable bonds is 8. The molecule has 2 aromatic carbocycles. The highest BCUT2D eigenvalue weighted by atomic mass is 79.9. The molecule has 0 fully saturated rings. The van der Waals surface area contributed by atoms with E-state index in [2.05, 4.69) is 15.9 Å². The highest BCUT2D eigenvalue weighted by molar-refractivity contribution is 9.10. The van der Waals surface area contributed by atoms with Crippen molar-refractivity contribution in [2.45, 2.75) is 26.0 Å². The van der Waals surface area contributed by atoms with Crippen LogP contribution in [0.1, 0.15) is 18.1 Å². The van der Waals surface area contributed by atoms with Crippen LogP contribution >= 0.6 is 15.9 Å². The molecule has 25 heavy (non-hydrogen) atoms. The second kappa shape index (κ2) is 9.44. The third-order valence-electron chi connectivity index (χ3n) is 3.61. The summed E-state index contributed by atoms with van der Waals surface area (Å²) in [7, 11) is 1.61. The van der Waals surface area contributed by atoms with Crippen LogP contribution < -0.4 is 15.2 Å². The zero-order chi connectivity index (χ0) is 18.2. The number of carbonyl (C=O) groups is 1. The Kier molecular flexibility index (Phi) is 7.28. The van der Waals surface area contributed by atoms with E-state index >= 15 is 0 Å². The molecule has 0 aliphatic heterocycles. The van der Waals surface area contributed by atoms with Gasteiger partial charge in [-0.15, -0.1) is 0 Å². The van der Waals surface area contributed by atoms with E-state index in [-0.39, 0.29) is 0 Å². The van der Waals surface area contributed by atoms with E-state index in [1.165, 1.54) is 0 Å². The second-order valence-corrected chi connectivity index (χ2v) is 6.28. The number of esters is 1. The number of carbonyl (C=O) groups excluding carboxylic acids is 1. The quantitative estimate of drug-likeness (QED) is 0.678. The molecular weight excluding hydrogens is 386 g/mol. The van der Waals surface area contributed by atoms with Crippen LogP contribution in [0.15, 0.2) is 46.9 Å². The smallest absolute Gasteiger partial charge is 0.323 e. The summed E-state index contributed by atoms with van der Waals surface area (Å²) in [5, 5.41) is 0. The Labute approximate surface area is 156 Å². The largest absolute Gasteiger partial charge is 0.496 e. The van der Waals surface area contributed by atoms with Gasteiger partial charge in [-0.3, -0.25) is 4.79 Å². The molecule has 0 bridgehead atoms. The lowest BCUT2D eigenvalue weighted by molar-refractivity contribution is -0.144. The molecule has 0 saturated heterocycles. The van der Waals surface area contributed by atoms with Gasteiger partial charge in [0, 0.05) is 5.56 Å². The van der Waals surface area contributed by atoms with Gasteiger partial charge in [0.15, 0.2) is 0 Å². The summed E-state index contributed by atoms with van der Waals surface area (Å²) in [5.74, 6) is 1.07. The summed E-state index contributed by atoms with van der Waals surface area (Å²) in [5.41, 5.74) is 7.70. The standard InChI is InChI=1S/C19H22BrNO4/c1-3-24-19(22)16(21)11-13-8-9-17(23-2)14(10-13)12-25-18-7-5-4-6-15(18)20/h4-10,16H,3,11-12,21H2,1-2H3. The van der Waals surface area contributed by atoms with E-state index in [9.17, 15) is 4.79 Å². The maximum absolute atomic E-state index is 11.7. The van der Waals surface area contributed by atoms with Crippen molar-refractivity contribution in [3.63, 3.8) is 0 Å². The third-order valence-corrected chi connectivity index (χ3v) is 4.26. The third kappa shape index (κ3) is 5.47. The van der Waals surface area contributed by atoms with Crippen molar-refractivity contribution in [3.8, 4) is 11.5 Å². The first-order chi connectivity index (χ1) is 12.0. The van der Waals surface area contributed by atoms with E-state index in [4.69, 9.17) is 19.9 Å². The molecule has 0 heterocycles. The van der Waals surface area contributed by atoms with Gasteiger partial charge < -0.3 is 19.9 Å². The summed E-state index contributed by atoms with van der Waals surface area (Å²) >= 11 is 3.46. The summed E-state index contributed by atoms with van der Waals surface area (Å²) < 4.78 is 17.1. The van der Waals surface area contributed by atoms with Crippen molar-refractivity contribution >= 4 is 21.9 Å². The van der Waals surface area contributed by atoms with Crippen molar-refractivity contribution in [1.29, 1.82) is 0 Å². The molecule has 0 aliphatic carbocycles. The monoisotopic (exact) mass is 407 g/mol. The number of nitrogens with two attached hydrogens (primary N) is 1. The Hall–Kier alpha value is -2.05. The summed E-state index contributed by atoms with van der Waals surface area (Å²) in [4.78, 5) is 11.7. The predicted molar refractivity (Wildman–Crippen MR) is 99.8 cm³/mol. The summed E-state index contributed by atoms with van der Waals surface area (Å²) in [6.45, 7) is 2.42. The molecule has 2 N–H and O–H groups in total. The van der Waals surface area contributed by atoms with Gasteiger partial charge in [-0.25, -0.2) is 0 Å². The van der Waals surface area contributed by atoms with Crippen molar-refractivity contribution in [2.24, 2.45) is 5.73 Å². The van der Waals surface area contributed by atoms with Crippen molar-refractivity contribution in [2.75, 3.05) is 13.7 Å². The first kappa shape index (κ1) is 19.3. The van der Waals surface area contributed by atoms with Crippen LogP contribution in [0.2, 0.25) is 0 Å². The van der Waals surface area contributed by atoms with Crippen LogP contribution in [0.3, 0.4) is 0 Å². The molecule has 0 saturated carbocycles. The molecule has 0 radical (unpaired) electrons. The molecule has 0 spiro atoms. The van der Waals surface area contributed by atoms with E-state index in [1.54, 1.807) is 14.0 Å². The van der Waals surface area contributed by atoms with Crippen molar-refractivity contribution in [1.82, 2.24) is 0 Å². The number of hydrogen-bond donors (Lipinski definition) is 1. The summed E-state index contributed by atoms with van der Waals surface area (Å²) in [6, 6.07) is 12.6. The average Bonchev–Trinajstić information content (AvgIpc) is 2.61. The van der Waals surface area contributed by atoms with Gasteiger partial charge in [0.1, 0.15) is 24.1 Å². The lowest BCUT2D eigenvalue weighted by Crippen LogP contribution is -2.34. The number of para-hydroxylation sites is 1. The van der Waals surface area contributed by atoms with Gasteiger partial charge in [0.25, 0.3) is 0 Å². The molecule has 1 atom stereocenters. The normalized spacial score (nSPS) is 11.7. The Balaban J connectivity index is 2.11. The molecule has 0 amide bonds. The number of methoxy groups -OCH3 is 1. The predicted octanol–water partition coefficient (Wildman–Crippen LogP) is 3.47. The van der Waals surface area contributed by atoms with Crippen molar-refractivity contribution in [3.05, 3.63) is 58.1 Å². The van der Waals surface area contributed by atoms with E-state index < -0.39 is 12.0 Å². The number of ether oxygens (including phenoxy) is 3. The van der Waals surface area contributed by atoms with E-state index in [0.29, 0.717) is 19.6 Å². The Morgan fingerprint density at radius 1 is 1.20 bits per heavy atom. The first-order valence-electron chi connectivity index (χ1n) is 8.00. The fraction of sp³-hybridized carbons (Fsp3) is 0.316. The van der Waals surface area contributed by atoms with E-state index in [0.717, 1.165) is 27.1 Å². The highest BCUT2D eigenvalue weighted by Gasteiger charge is 2.16. The minimum atomic E-state index is -0.689. The molecule has 0 aliphatic rings. The topological polar surface area (TPSA) is 70.8 Å². The fourth-order valence-corrected chi connectivity index (χ4v) is 2.77. The zero-order valence-electron chi connectivity index (χ0n) is 14.3.